The van der Waals surface area contributed by atoms with Crippen LogP contribution < -0.4 is 5.32 Å². The van der Waals surface area contributed by atoms with Crippen molar-refractivity contribution in [3.05, 3.63) is 56.7 Å². The number of benzene rings is 1. The fourth-order valence-corrected chi connectivity index (χ4v) is 3.25. The van der Waals surface area contributed by atoms with Crippen LogP contribution in [0.5, 0.6) is 0 Å². The van der Waals surface area contributed by atoms with E-state index in [-0.39, 0.29) is 6.03 Å². The molecule has 0 aliphatic carbocycles. The van der Waals surface area contributed by atoms with E-state index in [1.807, 2.05) is 6.07 Å². The molecule has 1 unspecified atom stereocenters. The number of nitrogens with zero attached hydrogens (tertiary/aromatic N) is 1. The van der Waals surface area contributed by atoms with E-state index in [2.05, 4.69) is 5.32 Å². The molecular formula is C16H16ClF3N2OS. The molecule has 0 aliphatic rings. The van der Waals surface area contributed by atoms with Crippen LogP contribution in [0.1, 0.15) is 29.0 Å². The largest absolute Gasteiger partial charge is 0.416 e. The van der Waals surface area contributed by atoms with Crippen molar-refractivity contribution in [3.8, 4) is 0 Å². The Bertz CT molecular complexity index is 717. The lowest BCUT2D eigenvalue weighted by Gasteiger charge is -2.21. The first-order chi connectivity index (χ1) is 11.2. The third-order valence-corrected chi connectivity index (χ3v) is 4.64. The van der Waals surface area contributed by atoms with Gasteiger partial charge in [-0.3, -0.25) is 0 Å². The summed E-state index contributed by atoms with van der Waals surface area (Å²) in [5.41, 5.74) is -0.339. The number of carbonyl (C=O) groups is 1. The highest BCUT2D eigenvalue weighted by atomic mass is 35.5. The van der Waals surface area contributed by atoms with Crippen LogP contribution in [0.2, 0.25) is 4.34 Å². The Kier molecular flexibility index (Phi) is 5.77. The zero-order chi connectivity index (χ0) is 17.9. The molecule has 0 radical (unpaired) electrons. The molecule has 2 amide bonds. The van der Waals surface area contributed by atoms with Gasteiger partial charge < -0.3 is 10.2 Å². The molecule has 0 saturated heterocycles. The lowest BCUT2D eigenvalue weighted by Crippen LogP contribution is -2.38. The van der Waals surface area contributed by atoms with Crippen molar-refractivity contribution in [2.75, 3.05) is 7.05 Å². The summed E-state index contributed by atoms with van der Waals surface area (Å²) in [7, 11) is 1.61. The predicted octanol–water partition coefficient (Wildman–Crippen LogP) is 5.32. The van der Waals surface area contributed by atoms with Gasteiger partial charge in [-0.25, -0.2) is 4.79 Å². The number of alkyl halides is 3. The molecule has 130 valence electrons. The summed E-state index contributed by atoms with van der Waals surface area (Å²) in [5, 5.41) is 2.69. The number of thiophene rings is 1. The van der Waals surface area contributed by atoms with Crippen LogP contribution in [-0.4, -0.2) is 18.0 Å². The van der Waals surface area contributed by atoms with Crippen molar-refractivity contribution >= 4 is 29.0 Å². The molecule has 0 saturated carbocycles. The van der Waals surface area contributed by atoms with Gasteiger partial charge in [0.25, 0.3) is 0 Å². The van der Waals surface area contributed by atoms with Gasteiger partial charge in [-0.1, -0.05) is 23.7 Å². The smallest absolute Gasteiger partial charge is 0.331 e. The van der Waals surface area contributed by atoms with E-state index in [0.29, 0.717) is 16.4 Å². The highest BCUT2D eigenvalue weighted by molar-refractivity contribution is 7.16. The normalized spacial score (nSPS) is 12.8. The molecule has 2 aromatic rings. The highest BCUT2D eigenvalue weighted by Crippen LogP contribution is 2.30. The average Bonchev–Trinajstić information content (AvgIpc) is 2.91. The third-order valence-electron chi connectivity index (χ3n) is 3.42. The Balaban J connectivity index is 2.00. The zero-order valence-electron chi connectivity index (χ0n) is 13.0. The lowest BCUT2D eigenvalue weighted by atomic mass is 10.1. The summed E-state index contributed by atoms with van der Waals surface area (Å²) in [4.78, 5) is 14.6. The molecule has 1 atom stereocenters. The molecule has 3 nitrogen and oxygen atoms in total. The van der Waals surface area contributed by atoms with Crippen LogP contribution in [0, 0.1) is 0 Å². The lowest BCUT2D eigenvalue weighted by molar-refractivity contribution is -0.137. The van der Waals surface area contributed by atoms with E-state index in [1.54, 1.807) is 26.1 Å². The summed E-state index contributed by atoms with van der Waals surface area (Å²) in [5.74, 6) is 0. The molecule has 1 aromatic heterocycles. The molecule has 24 heavy (non-hydrogen) atoms. The summed E-state index contributed by atoms with van der Waals surface area (Å²) in [6.07, 6.45) is -4.41. The molecule has 0 fully saturated rings. The van der Waals surface area contributed by atoms with Gasteiger partial charge >= 0.3 is 12.2 Å². The molecule has 0 aliphatic heterocycles. The molecule has 2 rings (SSSR count). The monoisotopic (exact) mass is 376 g/mol. The second-order valence-corrected chi connectivity index (χ2v) is 7.16. The molecule has 1 heterocycles. The average molecular weight is 377 g/mol. The number of carbonyl (C=O) groups excluding carboxylic acids is 1. The third kappa shape index (κ3) is 4.88. The zero-order valence-corrected chi connectivity index (χ0v) is 14.6. The molecule has 1 N–H and O–H groups in total. The maximum absolute atomic E-state index is 12.8. The van der Waals surface area contributed by atoms with E-state index >= 15 is 0 Å². The van der Waals surface area contributed by atoms with E-state index in [9.17, 15) is 18.0 Å². The number of hydrogen-bond donors (Lipinski definition) is 1. The van der Waals surface area contributed by atoms with Crippen molar-refractivity contribution in [1.82, 2.24) is 10.2 Å². The van der Waals surface area contributed by atoms with Crippen molar-refractivity contribution in [1.29, 1.82) is 0 Å². The molecule has 0 bridgehead atoms. The van der Waals surface area contributed by atoms with Gasteiger partial charge in [0.05, 0.1) is 22.5 Å². The number of hydrogen-bond acceptors (Lipinski definition) is 2. The van der Waals surface area contributed by atoms with E-state index in [0.717, 1.165) is 17.0 Å². The minimum atomic E-state index is -4.41. The molecule has 0 spiro atoms. The minimum absolute atomic E-state index is 0.371. The molecular weight excluding hydrogens is 361 g/mol. The Hall–Kier alpha value is -1.73. The van der Waals surface area contributed by atoms with E-state index in [4.69, 9.17) is 11.6 Å². The fraction of sp³-hybridized carbons (Fsp3) is 0.312. The van der Waals surface area contributed by atoms with Gasteiger partial charge in [-0.05, 0) is 36.8 Å². The summed E-state index contributed by atoms with van der Waals surface area (Å²) < 4.78 is 38.9. The predicted molar refractivity (Wildman–Crippen MR) is 89.2 cm³/mol. The summed E-state index contributed by atoms with van der Waals surface area (Å²) in [6, 6.07) is 7.59. The number of rotatable bonds is 4. The fourth-order valence-electron chi connectivity index (χ4n) is 2.11. The van der Waals surface area contributed by atoms with Crippen molar-refractivity contribution in [2.24, 2.45) is 0 Å². The maximum Gasteiger partial charge on any atom is 0.416 e. The summed E-state index contributed by atoms with van der Waals surface area (Å²) >= 11 is 7.22. The van der Waals surface area contributed by atoms with Crippen molar-refractivity contribution < 1.29 is 18.0 Å². The van der Waals surface area contributed by atoms with Gasteiger partial charge in [0, 0.05) is 11.9 Å². The number of amides is 2. The van der Waals surface area contributed by atoms with Crippen LogP contribution in [0.4, 0.5) is 18.0 Å². The van der Waals surface area contributed by atoms with Crippen LogP contribution >= 0.6 is 22.9 Å². The number of nitrogens with one attached hydrogen (secondary N) is 1. The quantitative estimate of drug-likeness (QED) is 0.769. The van der Waals surface area contributed by atoms with Crippen LogP contribution in [0.15, 0.2) is 36.4 Å². The van der Waals surface area contributed by atoms with Gasteiger partial charge in [0.1, 0.15) is 0 Å². The maximum atomic E-state index is 12.8. The number of halogens is 4. The number of urea groups is 1. The summed E-state index contributed by atoms with van der Waals surface area (Å²) in [6.45, 7) is 2.02. The van der Waals surface area contributed by atoms with Crippen LogP contribution in [0.25, 0.3) is 0 Å². The van der Waals surface area contributed by atoms with Crippen LogP contribution in [-0.2, 0) is 12.7 Å². The van der Waals surface area contributed by atoms with Crippen LogP contribution in [0.3, 0.4) is 0 Å². The standard InChI is InChI=1S/C16H16ClF3N2OS/c1-10(11-4-3-5-12(8-11)16(18,19)20)21-15(23)22(2)9-13-6-7-14(17)24-13/h3-8,10H,9H2,1-2H3,(H,21,23). The first-order valence-corrected chi connectivity index (χ1v) is 8.29. The van der Waals surface area contributed by atoms with Gasteiger partial charge in [-0.2, -0.15) is 13.2 Å². The second kappa shape index (κ2) is 7.44. The van der Waals surface area contributed by atoms with E-state index < -0.39 is 17.8 Å². The molecule has 8 heteroatoms. The Morgan fingerprint density at radius 1 is 1.33 bits per heavy atom. The second-order valence-electron chi connectivity index (χ2n) is 5.36. The van der Waals surface area contributed by atoms with E-state index in [1.165, 1.54) is 22.3 Å². The molecule has 1 aromatic carbocycles. The Morgan fingerprint density at radius 2 is 2.04 bits per heavy atom. The minimum Gasteiger partial charge on any atom is -0.331 e. The topological polar surface area (TPSA) is 32.3 Å². The van der Waals surface area contributed by atoms with Crippen molar-refractivity contribution in [3.63, 3.8) is 0 Å². The Morgan fingerprint density at radius 3 is 2.62 bits per heavy atom. The van der Waals surface area contributed by atoms with Gasteiger partial charge in [-0.15, -0.1) is 11.3 Å². The van der Waals surface area contributed by atoms with Crippen molar-refractivity contribution in [2.45, 2.75) is 25.7 Å². The van der Waals surface area contributed by atoms with Gasteiger partial charge in [0.2, 0.25) is 0 Å². The SMILES string of the molecule is CC(NC(=O)N(C)Cc1ccc(Cl)s1)c1cccc(C(F)(F)F)c1. The Labute approximate surface area is 147 Å². The highest BCUT2D eigenvalue weighted by Gasteiger charge is 2.30. The first kappa shape index (κ1) is 18.6. The van der Waals surface area contributed by atoms with Gasteiger partial charge in [0.15, 0.2) is 0 Å². The first-order valence-electron chi connectivity index (χ1n) is 7.10.